The highest BCUT2D eigenvalue weighted by atomic mass is 35.5. The second-order valence-corrected chi connectivity index (χ2v) is 8.20. The van der Waals surface area contributed by atoms with Gasteiger partial charge in [0.25, 0.3) is 5.91 Å². The first-order chi connectivity index (χ1) is 10.5. The summed E-state index contributed by atoms with van der Waals surface area (Å²) in [7, 11) is 1.87. The second-order valence-electron chi connectivity index (χ2n) is 5.63. The smallest absolute Gasteiger partial charge is 0.273 e. The normalized spacial score (nSPS) is 21.8. The van der Waals surface area contributed by atoms with Crippen LogP contribution >= 0.6 is 34.3 Å². The topological polar surface area (TPSA) is 59.2 Å². The number of rotatable bonds is 3. The number of aromatic nitrogens is 1. The van der Waals surface area contributed by atoms with Gasteiger partial charge in [0.1, 0.15) is 10.7 Å². The van der Waals surface area contributed by atoms with E-state index in [4.69, 9.17) is 17.3 Å². The second kappa shape index (κ2) is 6.66. The molecule has 118 valence electrons. The third-order valence-corrected chi connectivity index (χ3v) is 6.36. The van der Waals surface area contributed by atoms with Crippen LogP contribution in [0.2, 0.25) is 4.34 Å². The summed E-state index contributed by atoms with van der Waals surface area (Å²) < 4.78 is 0.730. The highest BCUT2D eigenvalue weighted by Crippen LogP contribution is 2.33. The van der Waals surface area contributed by atoms with Gasteiger partial charge in [0, 0.05) is 24.5 Å². The molecule has 0 radical (unpaired) electrons. The largest absolute Gasteiger partial charge is 0.337 e. The molecule has 0 atom stereocenters. The Morgan fingerprint density at radius 3 is 2.73 bits per heavy atom. The van der Waals surface area contributed by atoms with Crippen molar-refractivity contribution in [1.29, 1.82) is 0 Å². The minimum atomic E-state index is -0.00868. The van der Waals surface area contributed by atoms with Gasteiger partial charge in [-0.1, -0.05) is 11.6 Å². The van der Waals surface area contributed by atoms with Gasteiger partial charge in [0.05, 0.1) is 9.21 Å². The highest BCUT2D eigenvalue weighted by Gasteiger charge is 2.27. The van der Waals surface area contributed by atoms with Crippen LogP contribution in [0.1, 0.15) is 36.2 Å². The number of hydrogen-bond acceptors (Lipinski definition) is 5. The maximum atomic E-state index is 12.6. The number of thiazole rings is 1. The molecule has 2 heterocycles. The Kier molecular flexibility index (Phi) is 4.82. The van der Waals surface area contributed by atoms with Crippen molar-refractivity contribution in [2.75, 3.05) is 7.05 Å². The van der Waals surface area contributed by atoms with E-state index in [0.717, 1.165) is 39.9 Å². The lowest BCUT2D eigenvalue weighted by molar-refractivity contribution is 0.0685. The molecule has 2 N–H and O–H groups in total. The molecular formula is C15H18ClN3OS2. The third kappa shape index (κ3) is 3.35. The van der Waals surface area contributed by atoms with Gasteiger partial charge >= 0.3 is 0 Å². The maximum absolute atomic E-state index is 12.6. The first-order valence-corrected chi connectivity index (χ1v) is 9.36. The zero-order valence-electron chi connectivity index (χ0n) is 12.3. The zero-order valence-corrected chi connectivity index (χ0v) is 14.7. The van der Waals surface area contributed by atoms with Gasteiger partial charge < -0.3 is 10.6 Å². The van der Waals surface area contributed by atoms with Crippen molar-refractivity contribution in [1.82, 2.24) is 9.88 Å². The molecule has 0 aliphatic heterocycles. The summed E-state index contributed by atoms with van der Waals surface area (Å²) in [6.07, 6.45) is 3.92. The summed E-state index contributed by atoms with van der Waals surface area (Å²) in [6, 6.07) is 4.34. The maximum Gasteiger partial charge on any atom is 0.273 e. The van der Waals surface area contributed by atoms with E-state index in [1.807, 2.05) is 29.5 Å². The Morgan fingerprint density at radius 1 is 1.36 bits per heavy atom. The van der Waals surface area contributed by atoms with E-state index >= 15 is 0 Å². The Bertz CT molecular complexity index is 661. The highest BCUT2D eigenvalue weighted by molar-refractivity contribution is 7.23. The number of nitrogens with zero attached hydrogens (tertiary/aromatic N) is 2. The fourth-order valence-corrected chi connectivity index (χ4v) is 4.66. The molecule has 0 saturated heterocycles. The first-order valence-electron chi connectivity index (χ1n) is 7.28. The number of halogens is 1. The lowest BCUT2D eigenvalue weighted by atomic mass is 9.91. The van der Waals surface area contributed by atoms with Crippen LogP contribution in [-0.4, -0.2) is 34.9 Å². The van der Waals surface area contributed by atoms with E-state index in [0.29, 0.717) is 5.69 Å². The summed E-state index contributed by atoms with van der Waals surface area (Å²) in [6.45, 7) is 0. The van der Waals surface area contributed by atoms with Gasteiger partial charge in [-0.2, -0.15) is 0 Å². The van der Waals surface area contributed by atoms with Gasteiger partial charge in [0.15, 0.2) is 0 Å². The molecule has 1 aliphatic carbocycles. The molecule has 22 heavy (non-hydrogen) atoms. The van der Waals surface area contributed by atoms with Crippen molar-refractivity contribution in [2.45, 2.75) is 37.8 Å². The van der Waals surface area contributed by atoms with E-state index < -0.39 is 0 Å². The van der Waals surface area contributed by atoms with Crippen molar-refractivity contribution in [3.05, 3.63) is 27.5 Å². The fraction of sp³-hybridized carbons (Fsp3) is 0.467. The van der Waals surface area contributed by atoms with Crippen LogP contribution in [0.5, 0.6) is 0 Å². The van der Waals surface area contributed by atoms with Crippen LogP contribution in [0.4, 0.5) is 0 Å². The molecule has 1 amide bonds. The van der Waals surface area contributed by atoms with Crippen LogP contribution in [0.3, 0.4) is 0 Å². The standard InChI is InChI=1S/C15H18ClN3OS2/c1-19(10-4-2-9(17)3-5-10)15(20)11-8-21-14(18-11)12-6-7-13(16)22-12/h6-10H,2-5,17H2,1H3. The van der Waals surface area contributed by atoms with Crippen molar-refractivity contribution in [2.24, 2.45) is 5.73 Å². The summed E-state index contributed by atoms with van der Waals surface area (Å²) in [5.41, 5.74) is 6.45. The minimum absolute atomic E-state index is 0.00868. The Balaban J connectivity index is 1.71. The van der Waals surface area contributed by atoms with Gasteiger partial charge in [-0.05, 0) is 37.8 Å². The molecule has 0 spiro atoms. The molecule has 2 aromatic rings. The van der Waals surface area contributed by atoms with Crippen molar-refractivity contribution >= 4 is 40.2 Å². The average Bonchev–Trinajstić information content (AvgIpc) is 3.15. The predicted molar refractivity (Wildman–Crippen MR) is 92.8 cm³/mol. The number of nitrogens with two attached hydrogens (primary N) is 1. The van der Waals surface area contributed by atoms with E-state index in [1.165, 1.54) is 22.7 Å². The fourth-order valence-electron chi connectivity index (χ4n) is 2.75. The molecular weight excluding hydrogens is 338 g/mol. The molecule has 0 aromatic carbocycles. The van der Waals surface area contributed by atoms with E-state index in [-0.39, 0.29) is 18.0 Å². The minimum Gasteiger partial charge on any atom is -0.337 e. The van der Waals surface area contributed by atoms with E-state index in [9.17, 15) is 4.79 Å². The Hall–Kier alpha value is -0.950. The Morgan fingerprint density at radius 2 is 2.09 bits per heavy atom. The lowest BCUT2D eigenvalue weighted by Crippen LogP contribution is -2.41. The van der Waals surface area contributed by atoms with Gasteiger partial charge in [-0.15, -0.1) is 22.7 Å². The van der Waals surface area contributed by atoms with Gasteiger partial charge in [0.2, 0.25) is 0 Å². The molecule has 0 unspecified atom stereocenters. The molecule has 2 aromatic heterocycles. The summed E-state index contributed by atoms with van der Waals surface area (Å²) >= 11 is 8.91. The SMILES string of the molecule is CN(C(=O)c1csc(-c2ccc(Cl)s2)n1)C1CCC(N)CC1. The van der Waals surface area contributed by atoms with Crippen LogP contribution in [-0.2, 0) is 0 Å². The summed E-state index contributed by atoms with van der Waals surface area (Å²) in [4.78, 5) is 19.9. The number of hydrogen-bond donors (Lipinski definition) is 1. The number of thiophene rings is 1. The lowest BCUT2D eigenvalue weighted by Gasteiger charge is -2.33. The molecule has 7 heteroatoms. The number of carbonyl (C=O) groups excluding carboxylic acids is 1. The van der Waals surface area contributed by atoms with E-state index in [2.05, 4.69) is 4.98 Å². The number of amides is 1. The van der Waals surface area contributed by atoms with Crippen LogP contribution in [0, 0.1) is 0 Å². The van der Waals surface area contributed by atoms with E-state index in [1.54, 1.807) is 0 Å². The molecule has 1 saturated carbocycles. The summed E-state index contributed by atoms with van der Waals surface area (Å²) in [5, 5.41) is 2.68. The van der Waals surface area contributed by atoms with Crippen LogP contribution in [0.25, 0.3) is 9.88 Å². The van der Waals surface area contributed by atoms with Crippen molar-refractivity contribution < 1.29 is 4.79 Å². The average molecular weight is 356 g/mol. The predicted octanol–water partition coefficient (Wildman–Crippen LogP) is 3.87. The first kappa shape index (κ1) is 15.9. The van der Waals surface area contributed by atoms with Crippen LogP contribution < -0.4 is 5.73 Å². The van der Waals surface area contributed by atoms with Gasteiger partial charge in [-0.3, -0.25) is 4.79 Å². The molecule has 3 rings (SSSR count). The number of carbonyl (C=O) groups is 1. The van der Waals surface area contributed by atoms with Crippen molar-refractivity contribution in [3.8, 4) is 9.88 Å². The molecule has 0 bridgehead atoms. The zero-order chi connectivity index (χ0) is 15.7. The van der Waals surface area contributed by atoms with Gasteiger partial charge in [-0.25, -0.2) is 4.98 Å². The molecule has 4 nitrogen and oxygen atoms in total. The Labute approximate surface area is 142 Å². The van der Waals surface area contributed by atoms with Crippen LogP contribution in [0.15, 0.2) is 17.5 Å². The third-order valence-electron chi connectivity index (χ3n) is 4.12. The van der Waals surface area contributed by atoms with Crippen molar-refractivity contribution in [3.63, 3.8) is 0 Å². The quantitative estimate of drug-likeness (QED) is 0.909. The molecule has 1 aliphatic rings. The molecule has 1 fully saturated rings. The summed E-state index contributed by atoms with van der Waals surface area (Å²) in [5.74, 6) is -0.00868. The monoisotopic (exact) mass is 355 g/mol.